The molecule has 2 aromatic heterocycles. The zero-order valence-electron chi connectivity index (χ0n) is 15.4. The lowest BCUT2D eigenvalue weighted by Crippen LogP contribution is -2.14. The number of nitrogens with one attached hydrogen (secondary N) is 1. The second-order valence-electron chi connectivity index (χ2n) is 6.19. The summed E-state index contributed by atoms with van der Waals surface area (Å²) in [5.41, 5.74) is 2.57. The van der Waals surface area contributed by atoms with E-state index in [0.29, 0.717) is 11.4 Å². The number of ether oxygens (including phenoxy) is 1. The van der Waals surface area contributed by atoms with Crippen LogP contribution in [0, 0.1) is 13.8 Å². The highest BCUT2D eigenvalue weighted by atomic mass is 32.2. The third kappa shape index (κ3) is 3.34. The first-order valence-corrected chi connectivity index (χ1v) is 10.7. The van der Waals surface area contributed by atoms with Gasteiger partial charge >= 0.3 is 0 Å². The third-order valence-electron chi connectivity index (χ3n) is 4.22. The number of rotatable bonds is 5. The number of sulfonamides is 1. The summed E-state index contributed by atoms with van der Waals surface area (Å²) in [4.78, 5) is 4.70. The average molecular weight is 415 g/mol. The Morgan fingerprint density at radius 1 is 1.11 bits per heavy atom. The minimum absolute atomic E-state index is 0.0664. The summed E-state index contributed by atoms with van der Waals surface area (Å²) in [7, 11) is -2.14. The monoisotopic (exact) mass is 415 g/mol. The Labute approximate surface area is 166 Å². The Kier molecular flexibility index (Phi) is 4.56. The highest BCUT2D eigenvalue weighted by Gasteiger charge is 2.24. The molecule has 1 N–H and O–H groups in total. The molecule has 0 aliphatic heterocycles. The number of hydrogen-bond acceptors (Lipinski definition) is 7. The smallest absolute Gasteiger partial charge is 0.267 e. The molecule has 0 saturated carbocycles. The summed E-state index contributed by atoms with van der Waals surface area (Å²) < 4.78 is 39.0. The van der Waals surface area contributed by atoms with Crippen molar-refractivity contribution in [2.24, 2.45) is 0 Å². The molecular weight excluding hydrogens is 398 g/mol. The van der Waals surface area contributed by atoms with Crippen LogP contribution in [0.4, 0.5) is 5.69 Å². The number of hydrogen-bond donors (Lipinski definition) is 1. The lowest BCUT2D eigenvalue weighted by atomic mass is 10.2. The molecule has 0 amide bonds. The van der Waals surface area contributed by atoms with E-state index in [1.807, 2.05) is 30.3 Å². The molecule has 0 fully saturated rings. The van der Waals surface area contributed by atoms with Gasteiger partial charge in [0, 0.05) is 11.3 Å². The number of aryl methyl sites for hydroxylation is 2. The average Bonchev–Trinajstić information content (AvgIpc) is 3.24. The third-order valence-corrected chi connectivity index (χ3v) is 6.91. The summed E-state index contributed by atoms with van der Waals surface area (Å²) in [5.74, 6) is 1.04. The van der Waals surface area contributed by atoms with Gasteiger partial charge in [-0.1, -0.05) is 5.16 Å². The van der Waals surface area contributed by atoms with Gasteiger partial charge in [-0.25, -0.2) is 13.4 Å². The minimum Gasteiger partial charge on any atom is -0.497 e. The fourth-order valence-electron chi connectivity index (χ4n) is 2.90. The summed E-state index contributed by atoms with van der Waals surface area (Å²) >= 11 is 1.55. The van der Waals surface area contributed by atoms with Crippen LogP contribution in [0.1, 0.15) is 11.5 Å². The van der Waals surface area contributed by atoms with Crippen LogP contribution in [0.5, 0.6) is 5.75 Å². The van der Waals surface area contributed by atoms with E-state index in [2.05, 4.69) is 14.9 Å². The Balaban J connectivity index is 1.61. The number of benzene rings is 2. The zero-order chi connectivity index (χ0) is 19.9. The minimum atomic E-state index is -3.77. The van der Waals surface area contributed by atoms with Crippen molar-refractivity contribution in [2.45, 2.75) is 18.7 Å². The Bertz CT molecular complexity index is 1240. The maximum Gasteiger partial charge on any atom is 0.267 e. The van der Waals surface area contributed by atoms with Gasteiger partial charge in [0.2, 0.25) is 0 Å². The molecule has 144 valence electrons. The van der Waals surface area contributed by atoms with Crippen LogP contribution < -0.4 is 9.46 Å². The zero-order valence-corrected chi connectivity index (χ0v) is 17.0. The maximum absolute atomic E-state index is 12.6. The molecule has 2 aromatic carbocycles. The molecule has 4 aromatic rings. The SMILES string of the molecule is COc1ccc2nc(-c3ccc(NS(=O)(=O)c4c(C)noc4C)cc3)sc2c1. The lowest BCUT2D eigenvalue weighted by Gasteiger charge is -2.08. The van der Waals surface area contributed by atoms with Crippen molar-refractivity contribution in [3.63, 3.8) is 0 Å². The Hall–Kier alpha value is -2.91. The van der Waals surface area contributed by atoms with Crippen molar-refractivity contribution in [3.8, 4) is 16.3 Å². The summed E-state index contributed by atoms with van der Waals surface area (Å²) in [6.45, 7) is 3.16. The van der Waals surface area contributed by atoms with Gasteiger partial charge in [0.15, 0.2) is 10.7 Å². The van der Waals surface area contributed by atoms with E-state index < -0.39 is 10.0 Å². The highest BCUT2D eigenvalue weighted by Crippen LogP contribution is 2.33. The number of nitrogens with zero attached hydrogens (tertiary/aromatic N) is 2. The summed E-state index contributed by atoms with van der Waals surface area (Å²) in [5, 5.41) is 4.55. The van der Waals surface area contributed by atoms with E-state index in [4.69, 9.17) is 9.26 Å². The molecule has 0 radical (unpaired) electrons. The number of fused-ring (bicyclic) bond motifs is 1. The Morgan fingerprint density at radius 2 is 1.86 bits per heavy atom. The number of anilines is 1. The van der Waals surface area contributed by atoms with Crippen molar-refractivity contribution >= 4 is 37.3 Å². The van der Waals surface area contributed by atoms with Crippen LogP contribution in [0.15, 0.2) is 51.9 Å². The van der Waals surface area contributed by atoms with Crippen molar-refractivity contribution in [3.05, 3.63) is 53.9 Å². The molecular formula is C19H17N3O4S2. The first kappa shape index (κ1) is 18.5. The molecule has 0 aliphatic carbocycles. The van der Waals surface area contributed by atoms with Gasteiger partial charge in [-0.3, -0.25) is 4.72 Å². The van der Waals surface area contributed by atoms with Crippen molar-refractivity contribution in [1.82, 2.24) is 10.1 Å². The summed E-state index contributed by atoms with van der Waals surface area (Å²) in [6, 6.07) is 12.8. The van der Waals surface area contributed by atoms with Gasteiger partial charge in [0.1, 0.15) is 16.5 Å². The van der Waals surface area contributed by atoms with Crippen molar-refractivity contribution in [1.29, 1.82) is 0 Å². The second kappa shape index (κ2) is 6.92. The number of thiazole rings is 1. The van der Waals surface area contributed by atoms with Crippen molar-refractivity contribution in [2.75, 3.05) is 11.8 Å². The number of aromatic nitrogens is 2. The largest absolute Gasteiger partial charge is 0.497 e. The topological polar surface area (TPSA) is 94.3 Å². The van der Waals surface area contributed by atoms with Crippen LogP contribution in [-0.4, -0.2) is 25.7 Å². The second-order valence-corrected chi connectivity index (χ2v) is 8.84. The predicted molar refractivity (Wildman–Crippen MR) is 108 cm³/mol. The standard InChI is InChI=1S/C19H17N3O4S2/c1-11-18(12(2)26-21-11)28(23,24)22-14-6-4-13(5-7-14)19-20-16-9-8-15(25-3)10-17(16)27-19/h4-10,22H,1-3H3. The molecule has 0 spiro atoms. The first-order chi connectivity index (χ1) is 13.4. The Morgan fingerprint density at radius 3 is 2.50 bits per heavy atom. The summed E-state index contributed by atoms with van der Waals surface area (Å²) in [6.07, 6.45) is 0. The van der Waals surface area contributed by atoms with E-state index in [9.17, 15) is 8.42 Å². The van der Waals surface area contributed by atoms with E-state index in [0.717, 1.165) is 26.5 Å². The molecule has 0 aliphatic rings. The molecule has 9 heteroatoms. The van der Waals surface area contributed by atoms with Crippen molar-refractivity contribution < 1.29 is 17.7 Å². The van der Waals surface area contributed by atoms with Crippen LogP contribution in [0.3, 0.4) is 0 Å². The van der Waals surface area contributed by atoms with Gasteiger partial charge < -0.3 is 9.26 Å². The maximum atomic E-state index is 12.6. The van der Waals surface area contributed by atoms with Gasteiger partial charge in [-0.05, 0) is 56.3 Å². The predicted octanol–water partition coefficient (Wildman–Crippen LogP) is 4.38. The molecule has 0 saturated heterocycles. The fourth-order valence-corrected chi connectivity index (χ4v) is 5.29. The van der Waals surface area contributed by atoms with Gasteiger partial charge in [-0.15, -0.1) is 11.3 Å². The molecule has 0 atom stereocenters. The van der Waals surface area contributed by atoms with Gasteiger partial charge in [-0.2, -0.15) is 0 Å². The van der Waals surface area contributed by atoms with Crippen LogP contribution in [0.2, 0.25) is 0 Å². The molecule has 0 unspecified atom stereocenters. The molecule has 2 heterocycles. The van der Waals surface area contributed by atoms with E-state index in [1.165, 1.54) is 0 Å². The van der Waals surface area contributed by atoms with Crippen LogP contribution >= 0.6 is 11.3 Å². The quantitative estimate of drug-likeness (QED) is 0.520. The molecule has 7 nitrogen and oxygen atoms in total. The van der Waals surface area contributed by atoms with Gasteiger partial charge in [0.25, 0.3) is 10.0 Å². The first-order valence-electron chi connectivity index (χ1n) is 8.38. The lowest BCUT2D eigenvalue weighted by molar-refractivity contribution is 0.390. The fraction of sp³-hybridized carbons (Fsp3) is 0.158. The van der Waals surface area contributed by atoms with E-state index >= 15 is 0 Å². The number of methoxy groups -OCH3 is 1. The van der Waals surface area contributed by atoms with Crippen LogP contribution in [0.25, 0.3) is 20.8 Å². The highest BCUT2D eigenvalue weighted by molar-refractivity contribution is 7.92. The molecule has 28 heavy (non-hydrogen) atoms. The molecule has 0 bridgehead atoms. The normalized spacial score (nSPS) is 11.7. The van der Waals surface area contributed by atoms with Crippen LogP contribution in [-0.2, 0) is 10.0 Å². The molecule has 4 rings (SSSR count). The van der Waals surface area contributed by atoms with Gasteiger partial charge in [0.05, 0.1) is 17.3 Å². The van der Waals surface area contributed by atoms with E-state index in [-0.39, 0.29) is 10.7 Å². The van der Waals surface area contributed by atoms with E-state index in [1.54, 1.807) is 44.4 Å².